The smallest absolute Gasteiger partial charge is 0.387 e. The largest absolute Gasteiger partial charge is 0.435 e. The number of nitrogen functional groups attached to an aromatic ring is 1. The fraction of sp³-hybridized carbons (Fsp3) is 0.0714. The molecule has 0 unspecified atom stereocenters. The predicted molar refractivity (Wildman–Crippen MR) is 76.3 cm³/mol. The lowest BCUT2D eigenvalue weighted by Crippen LogP contribution is -2.01. The van der Waals surface area contributed by atoms with Crippen molar-refractivity contribution in [3.8, 4) is 27.5 Å². The van der Waals surface area contributed by atoms with Gasteiger partial charge in [-0.2, -0.15) is 8.78 Å². The van der Waals surface area contributed by atoms with Crippen LogP contribution in [0.3, 0.4) is 0 Å². The maximum Gasteiger partial charge on any atom is 0.387 e. The predicted octanol–water partition coefficient (Wildman–Crippen LogP) is 4.25. The first-order valence-corrected chi connectivity index (χ1v) is 6.87. The molecule has 108 valence electrons. The maximum absolute atomic E-state index is 12.3. The highest BCUT2D eigenvalue weighted by atomic mass is 32.1. The number of alkyl halides is 2. The molecule has 4 nitrogen and oxygen atoms in total. The zero-order valence-electron chi connectivity index (χ0n) is 10.6. The van der Waals surface area contributed by atoms with Crippen LogP contribution in [0.15, 0.2) is 46.3 Å². The molecule has 2 aromatic heterocycles. The lowest BCUT2D eigenvalue weighted by atomic mass is 10.1. The van der Waals surface area contributed by atoms with E-state index in [4.69, 9.17) is 10.3 Å². The van der Waals surface area contributed by atoms with Crippen LogP contribution in [0.1, 0.15) is 0 Å². The van der Waals surface area contributed by atoms with Crippen molar-refractivity contribution in [1.29, 1.82) is 0 Å². The summed E-state index contributed by atoms with van der Waals surface area (Å²) in [6.45, 7) is -2.88. The summed E-state index contributed by atoms with van der Waals surface area (Å²) in [4.78, 5) is 0.893. The number of aromatic nitrogens is 1. The number of halogens is 2. The molecule has 0 spiro atoms. The van der Waals surface area contributed by atoms with Gasteiger partial charge in [-0.15, -0.1) is 11.3 Å². The number of ether oxygens (including phenoxy) is 1. The monoisotopic (exact) mass is 308 g/mol. The van der Waals surface area contributed by atoms with Crippen molar-refractivity contribution < 1.29 is 18.0 Å². The standard InChI is InChI=1S/C14H10F2N2O2S/c15-14(16)19-9-4-1-3-8(7-9)12-11(13(17)18-20-12)10-5-2-6-21-10/h1-7,14H,(H2,17,18). The summed E-state index contributed by atoms with van der Waals surface area (Å²) >= 11 is 1.49. The van der Waals surface area contributed by atoms with Gasteiger partial charge in [-0.1, -0.05) is 23.4 Å². The first-order chi connectivity index (χ1) is 10.1. The molecule has 2 heterocycles. The molecular formula is C14H10F2N2O2S. The summed E-state index contributed by atoms with van der Waals surface area (Å²) in [7, 11) is 0. The van der Waals surface area contributed by atoms with Crippen LogP contribution in [0.2, 0.25) is 0 Å². The highest BCUT2D eigenvalue weighted by Gasteiger charge is 2.19. The summed E-state index contributed by atoms with van der Waals surface area (Å²) in [5.74, 6) is 0.733. The average Bonchev–Trinajstić information content (AvgIpc) is 3.07. The normalized spacial score (nSPS) is 11.0. The second-order valence-electron chi connectivity index (χ2n) is 4.16. The molecule has 3 aromatic rings. The number of thiophene rings is 1. The van der Waals surface area contributed by atoms with Crippen molar-refractivity contribution >= 4 is 17.2 Å². The Morgan fingerprint density at radius 2 is 2.10 bits per heavy atom. The quantitative estimate of drug-likeness (QED) is 0.782. The van der Waals surface area contributed by atoms with E-state index in [2.05, 4.69) is 9.89 Å². The van der Waals surface area contributed by atoms with Crippen LogP contribution < -0.4 is 10.5 Å². The summed E-state index contributed by atoms with van der Waals surface area (Å²) in [5.41, 5.74) is 7.06. The molecule has 0 saturated heterocycles. The fourth-order valence-electron chi connectivity index (χ4n) is 1.97. The van der Waals surface area contributed by atoms with Crippen molar-refractivity contribution in [3.63, 3.8) is 0 Å². The van der Waals surface area contributed by atoms with E-state index in [1.54, 1.807) is 12.1 Å². The van der Waals surface area contributed by atoms with E-state index in [9.17, 15) is 8.78 Å². The minimum atomic E-state index is -2.88. The van der Waals surface area contributed by atoms with Crippen molar-refractivity contribution in [2.45, 2.75) is 6.61 Å². The van der Waals surface area contributed by atoms with Crippen LogP contribution >= 0.6 is 11.3 Å². The lowest BCUT2D eigenvalue weighted by molar-refractivity contribution is -0.0498. The van der Waals surface area contributed by atoms with Gasteiger partial charge in [0, 0.05) is 10.4 Å². The van der Waals surface area contributed by atoms with Crippen molar-refractivity contribution in [1.82, 2.24) is 5.16 Å². The molecule has 0 saturated carbocycles. The second-order valence-corrected chi connectivity index (χ2v) is 5.10. The molecule has 0 aliphatic rings. The highest BCUT2D eigenvalue weighted by molar-refractivity contribution is 7.13. The highest BCUT2D eigenvalue weighted by Crippen LogP contribution is 2.39. The van der Waals surface area contributed by atoms with Crippen LogP contribution in [-0.2, 0) is 0 Å². The van der Waals surface area contributed by atoms with E-state index in [1.807, 2.05) is 17.5 Å². The molecule has 0 amide bonds. The van der Waals surface area contributed by atoms with Gasteiger partial charge in [-0.05, 0) is 23.6 Å². The number of hydrogen-bond acceptors (Lipinski definition) is 5. The van der Waals surface area contributed by atoms with Crippen LogP contribution in [0.25, 0.3) is 21.8 Å². The minimum Gasteiger partial charge on any atom is -0.435 e. The molecule has 2 N–H and O–H groups in total. The Hall–Kier alpha value is -2.41. The van der Waals surface area contributed by atoms with Crippen LogP contribution in [0.5, 0.6) is 5.75 Å². The van der Waals surface area contributed by atoms with E-state index >= 15 is 0 Å². The van der Waals surface area contributed by atoms with Crippen LogP contribution in [0, 0.1) is 0 Å². The number of rotatable bonds is 4. The Morgan fingerprint density at radius 1 is 1.24 bits per heavy atom. The molecule has 0 atom stereocenters. The average molecular weight is 308 g/mol. The zero-order chi connectivity index (χ0) is 14.8. The molecular weight excluding hydrogens is 298 g/mol. The van der Waals surface area contributed by atoms with Gasteiger partial charge in [0.1, 0.15) is 5.75 Å². The Labute approximate surface area is 122 Å². The Morgan fingerprint density at radius 3 is 2.81 bits per heavy atom. The molecule has 7 heteroatoms. The van der Waals surface area contributed by atoms with Gasteiger partial charge in [-0.25, -0.2) is 0 Å². The van der Waals surface area contributed by atoms with Gasteiger partial charge in [0.2, 0.25) is 0 Å². The third-order valence-electron chi connectivity index (χ3n) is 2.81. The Balaban J connectivity index is 2.06. The van der Waals surface area contributed by atoms with E-state index in [1.165, 1.54) is 23.5 Å². The molecule has 21 heavy (non-hydrogen) atoms. The molecule has 0 radical (unpaired) electrons. The first kappa shape index (κ1) is 13.6. The minimum absolute atomic E-state index is 0.0506. The number of nitrogens with zero attached hydrogens (tertiary/aromatic N) is 1. The van der Waals surface area contributed by atoms with E-state index in [-0.39, 0.29) is 11.6 Å². The number of nitrogens with two attached hydrogens (primary N) is 1. The van der Waals surface area contributed by atoms with Crippen molar-refractivity contribution in [2.75, 3.05) is 5.73 Å². The summed E-state index contributed by atoms with van der Waals surface area (Å²) in [5, 5.41) is 5.66. The van der Waals surface area contributed by atoms with Gasteiger partial charge in [0.05, 0.1) is 5.56 Å². The zero-order valence-corrected chi connectivity index (χ0v) is 11.4. The van der Waals surface area contributed by atoms with Crippen molar-refractivity contribution in [2.24, 2.45) is 0 Å². The molecule has 0 aliphatic heterocycles. The summed E-state index contributed by atoms with van der Waals surface area (Å²) in [6.07, 6.45) is 0. The van der Waals surface area contributed by atoms with Crippen LogP contribution in [0.4, 0.5) is 14.6 Å². The molecule has 0 fully saturated rings. The van der Waals surface area contributed by atoms with Crippen LogP contribution in [-0.4, -0.2) is 11.8 Å². The van der Waals surface area contributed by atoms with Gasteiger partial charge in [-0.3, -0.25) is 0 Å². The Kier molecular flexibility index (Phi) is 3.57. The summed E-state index contributed by atoms with van der Waals surface area (Å²) in [6, 6.07) is 9.99. The van der Waals surface area contributed by atoms with E-state index in [0.717, 1.165) is 4.88 Å². The number of anilines is 1. The van der Waals surface area contributed by atoms with E-state index < -0.39 is 6.61 Å². The van der Waals surface area contributed by atoms with Crippen molar-refractivity contribution in [3.05, 3.63) is 41.8 Å². The molecule has 3 rings (SSSR count). The topological polar surface area (TPSA) is 61.3 Å². The Bertz CT molecular complexity index is 741. The van der Waals surface area contributed by atoms with Gasteiger partial charge >= 0.3 is 6.61 Å². The third kappa shape index (κ3) is 2.73. The lowest BCUT2D eigenvalue weighted by Gasteiger charge is -2.06. The fourth-order valence-corrected chi connectivity index (χ4v) is 2.75. The molecule has 0 aliphatic carbocycles. The molecule has 0 bridgehead atoms. The SMILES string of the molecule is Nc1noc(-c2cccc(OC(F)F)c2)c1-c1cccs1. The number of hydrogen-bond donors (Lipinski definition) is 1. The van der Waals surface area contributed by atoms with Gasteiger partial charge < -0.3 is 15.0 Å². The third-order valence-corrected chi connectivity index (χ3v) is 3.69. The molecule has 1 aromatic carbocycles. The second kappa shape index (κ2) is 5.53. The summed E-state index contributed by atoms with van der Waals surface area (Å²) < 4.78 is 34.2. The maximum atomic E-state index is 12.3. The first-order valence-electron chi connectivity index (χ1n) is 5.99. The van der Waals surface area contributed by atoms with E-state index in [0.29, 0.717) is 16.9 Å². The van der Waals surface area contributed by atoms with Gasteiger partial charge in [0.25, 0.3) is 0 Å². The number of benzene rings is 1. The van der Waals surface area contributed by atoms with Gasteiger partial charge in [0.15, 0.2) is 11.6 Å².